The molecule has 0 aliphatic heterocycles. The number of aromatic carboxylic acids is 1. The Hall–Kier alpha value is -2.21. The highest BCUT2D eigenvalue weighted by Crippen LogP contribution is 2.20. The van der Waals surface area contributed by atoms with Crippen LogP contribution in [0, 0.1) is 0 Å². The van der Waals surface area contributed by atoms with Crippen molar-refractivity contribution in [1.82, 2.24) is 14.5 Å². The molecule has 1 aromatic carbocycles. The van der Waals surface area contributed by atoms with Crippen LogP contribution in [-0.4, -0.2) is 25.6 Å². The number of rotatable bonds is 4. The van der Waals surface area contributed by atoms with Gasteiger partial charge in [0.05, 0.1) is 34.3 Å². The van der Waals surface area contributed by atoms with Crippen LogP contribution < -0.4 is 0 Å². The smallest absolute Gasteiger partial charge is 0.335 e. The zero-order chi connectivity index (χ0) is 14.1. The van der Waals surface area contributed by atoms with Crippen molar-refractivity contribution >= 4 is 28.3 Å². The molecule has 0 spiro atoms. The lowest BCUT2D eigenvalue weighted by Gasteiger charge is -2.06. The number of nitrogens with zero attached hydrogens (tertiary/aromatic N) is 3. The van der Waals surface area contributed by atoms with Gasteiger partial charge < -0.3 is 9.67 Å². The second-order valence-electron chi connectivity index (χ2n) is 4.46. The predicted molar refractivity (Wildman–Crippen MR) is 77.3 cm³/mol. The normalized spacial score (nSPS) is 11.1. The molecule has 0 unspecified atom stereocenters. The molecule has 2 aromatic heterocycles. The van der Waals surface area contributed by atoms with E-state index in [1.807, 2.05) is 23.9 Å². The van der Waals surface area contributed by atoms with E-state index in [0.717, 1.165) is 29.0 Å². The summed E-state index contributed by atoms with van der Waals surface area (Å²) < 4.78 is 2.09. The summed E-state index contributed by atoms with van der Waals surface area (Å²) in [7, 11) is 0. The third-order valence-corrected chi connectivity index (χ3v) is 3.83. The van der Waals surface area contributed by atoms with Gasteiger partial charge in [0.25, 0.3) is 0 Å². The Morgan fingerprint density at radius 3 is 2.95 bits per heavy atom. The molecule has 0 atom stereocenters. The zero-order valence-corrected chi connectivity index (χ0v) is 11.7. The summed E-state index contributed by atoms with van der Waals surface area (Å²) in [6.45, 7) is 2.70. The Morgan fingerprint density at radius 1 is 1.45 bits per heavy atom. The van der Waals surface area contributed by atoms with Gasteiger partial charge in [-0.1, -0.05) is 6.92 Å². The number of benzene rings is 1. The molecule has 0 amide bonds. The Kier molecular flexibility index (Phi) is 3.23. The molecule has 5 nitrogen and oxygen atoms in total. The predicted octanol–water partition coefficient (Wildman–Crippen LogP) is 2.80. The topological polar surface area (TPSA) is 68.0 Å². The Labute approximate surface area is 119 Å². The molecular weight excluding hydrogens is 274 g/mol. The first-order chi connectivity index (χ1) is 9.69. The van der Waals surface area contributed by atoms with Crippen LogP contribution in [0.15, 0.2) is 29.1 Å². The maximum atomic E-state index is 11.0. The van der Waals surface area contributed by atoms with Crippen LogP contribution >= 0.6 is 11.3 Å². The lowest BCUT2D eigenvalue weighted by atomic mass is 10.2. The van der Waals surface area contributed by atoms with E-state index in [-0.39, 0.29) is 5.56 Å². The van der Waals surface area contributed by atoms with Crippen LogP contribution in [0.2, 0.25) is 0 Å². The number of hydrogen-bond acceptors (Lipinski definition) is 4. The lowest BCUT2D eigenvalue weighted by Crippen LogP contribution is -2.04. The van der Waals surface area contributed by atoms with Crippen LogP contribution in [0.25, 0.3) is 11.0 Å². The number of carboxylic acid groups (broad SMARTS) is 1. The molecule has 0 saturated heterocycles. The molecule has 0 aliphatic rings. The first-order valence-corrected chi connectivity index (χ1v) is 7.23. The Bertz CT molecular complexity index is 762. The number of carbonyl (C=O) groups is 1. The maximum absolute atomic E-state index is 11.0. The van der Waals surface area contributed by atoms with Gasteiger partial charge in [-0.05, 0) is 18.2 Å². The number of aryl methyl sites for hydroxylation is 1. The summed E-state index contributed by atoms with van der Waals surface area (Å²) in [6, 6.07) is 5.05. The van der Waals surface area contributed by atoms with Crippen molar-refractivity contribution in [2.75, 3.05) is 0 Å². The van der Waals surface area contributed by atoms with Crippen molar-refractivity contribution in [3.63, 3.8) is 0 Å². The van der Waals surface area contributed by atoms with Gasteiger partial charge in [-0.25, -0.2) is 14.8 Å². The van der Waals surface area contributed by atoms with Crippen molar-refractivity contribution in [2.24, 2.45) is 0 Å². The number of thiazole rings is 1. The first-order valence-electron chi connectivity index (χ1n) is 6.28. The minimum absolute atomic E-state index is 0.262. The van der Waals surface area contributed by atoms with E-state index in [0.29, 0.717) is 6.54 Å². The molecule has 20 heavy (non-hydrogen) atoms. The van der Waals surface area contributed by atoms with Crippen LogP contribution in [0.5, 0.6) is 0 Å². The lowest BCUT2D eigenvalue weighted by molar-refractivity contribution is 0.0697. The third kappa shape index (κ3) is 2.18. The summed E-state index contributed by atoms with van der Waals surface area (Å²) in [5.74, 6) is 0.00883. The highest BCUT2D eigenvalue weighted by Gasteiger charge is 2.12. The van der Waals surface area contributed by atoms with E-state index < -0.39 is 5.97 Å². The molecule has 0 aliphatic carbocycles. The van der Waals surface area contributed by atoms with Gasteiger partial charge in [0.15, 0.2) is 0 Å². The molecule has 0 radical (unpaired) electrons. The minimum Gasteiger partial charge on any atom is -0.478 e. The number of imidazole rings is 1. The van der Waals surface area contributed by atoms with Gasteiger partial charge in [0.2, 0.25) is 0 Å². The van der Waals surface area contributed by atoms with Gasteiger partial charge in [0, 0.05) is 11.8 Å². The fourth-order valence-electron chi connectivity index (χ4n) is 2.24. The van der Waals surface area contributed by atoms with E-state index in [4.69, 9.17) is 5.11 Å². The molecule has 6 heteroatoms. The van der Waals surface area contributed by atoms with Crippen LogP contribution in [0.1, 0.15) is 28.8 Å². The summed E-state index contributed by atoms with van der Waals surface area (Å²) in [4.78, 5) is 19.8. The SMILES string of the molecule is CCc1nc2cc(C(=O)O)ccc2n1Cc1cscn1. The van der Waals surface area contributed by atoms with E-state index in [1.54, 1.807) is 23.5 Å². The quantitative estimate of drug-likeness (QED) is 0.801. The van der Waals surface area contributed by atoms with Crippen molar-refractivity contribution in [2.45, 2.75) is 19.9 Å². The molecule has 1 N–H and O–H groups in total. The molecule has 0 saturated carbocycles. The van der Waals surface area contributed by atoms with Gasteiger partial charge in [0.1, 0.15) is 5.82 Å². The molecule has 2 heterocycles. The van der Waals surface area contributed by atoms with Crippen molar-refractivity contribution in [3.8, 4) is 0 Å². The molecule has 0 bridgehead atoms. The highest BCUT2D eigenvalue weighted by atomic mass is 32.1. The van der Waals surface area contributed by atoms with E-state index in [9.17, 15) is 4.79 Å². The fourth-order valence-corrected chi connectivity index (χ4v) is 2.79. The number of hydrogen-bond donors (Lipinski definition) is 1. The second kappa shape index (κ2) is 5.05. The van der Waals surface area contributed by atoms with Crippen molar-refractivity contribution in [1.29, 1.82) is 0 Å². The summed E-state index contributed by atoms with van der Waals surface area (Å²) in [6.07, 6.45) is 0.793. The molecular formula is C14H13N3O2S. The zero-order valence-electron chi connectivity index (χ0n) is 10.9. The van der Waals surface area contributed by atoms with E-state index in [2.05, 4.69) is 14.5 Å². The Balaban J connectivity index is 2.12. The molecule has 3 aromatic rings. The first kappa shape index (κ1) is 12.8. The van der Waals surface area contributed by atoms with Crippen LogP contribution in [0.4, 0.5) is 0 Å². The molecule has 102 valence electrons. The van der Waals surface area contributed by atoms with Crippen LogP contribution in [0.3, 0.4) is 0 Å². The van der Waals surface area contributed by atoms with E-state index >= 15 is 0 Å². The van der Waals surface area contributed by atoms with Gasteiger partial charge in [-0.15, -0.1) is 11.3 Å². The average molecular weight is 287 g/mol. The summed E-state index contributed by atoms with van der Waals surface area (Å²) >= 11 is 1.56. The van der Waals surface area contributed by atoms with Gasteiger partial charge in [-0.3, -0.25) is 0 Å². The number of carboxylic acids is 1. The summed E-state index contributed by atoms with van der Waals surface area (Å²) in [5, 5.41) is 11.1. The Morgan fingerprint density at radius 2 is 2.30 bits per heavy atom. The van der Waals surface area contributed by atoms with Gasteiger partial charge in [-0.2, -0.15) is 0 Å². The number of fused-ring (bicyclic) bond motifs is 1. The third-order valence-electron chi connectivity index (χ3n) is 3.19. The standard InChI is InChI=1S/C14H13N3O2S/c1-2-13-16-11-5-9(14(18)19)3-4-12(11)17(13)6-10-7-20-8-15-10/h3-5,7-8H,2,6H2,1H3,(H,18,19). The second-order valence-corrected chi connectivity index (χ2v) is 5.17. The maximum Gasteiger partial charge on any atom is 0.335 e. The van der Waals surface area contributed by atoms with Crippen molar-refractivity contribution < 1.29 is 9.90 Å². The largest absolute Gasteiger partial charge is 0.478 e. The monoisotopic (exact) mass is 287 g/mol. The molecule has 3 rings (SSSR count). The minimum atomic E-state index is -0.931. The van der Waals surface area contributed by atoms with Gasteiger partial charge >= 0.3 is 5.97 Å². The van der Waals surface area contributed by atoms with E-state index in [1.165, 1.54) is 0 Å². The molecule has 0 fully saturated rings. The number of aromatic nitrogens is 3. The average Bonchev–Trinajstić information content (AvgIpc) is 3.06. The van der Waals surface area contributed by atoms with Crippen LogP contribution in [-0.2, 0) is 13.0 Å². The summed E-state index contributed by atoms with van der Waals surface area (Å²) in [5.41, 5.74) is 4.73. The highest BCUT2D eigenvalue weighted by molar-refractivity contribution is 7.07. The van der Waals surface area contributed by atoms with Crippen molar-refractivity contribution in [3.05, 3.63) is 46.2 Å². The fraction of sp³-hybridized carbons (Fsp3) is 0.214.